The zero-order valence-corrected chi connectivity index (χ0v) is 13.8. The number of nitrogen functional groups attached to an aromatic ring is 1. The molecule has 2 aromatic carbocycles. The second-order valence-electron chi connectivity index (χ2n) is 6.35. The molecular formula is C21H21N3. The smallest absolute Gasteiger partial charge is 0.102 e. The number of hydrogen-bond donors (Lipinski definition) is 1. The first kappa shape index (κ1) is 16.1. The van der Waals surface area contributed by atoms with Crippen LogP contribution in [0.4, 0.5) is 5.69 Å². The van der Waals surface area contributed by atoms with E-state index in [9.17, 15) is 10.5 Å². The van der Waals surface area contributed by atoms with Gasteiger partial charge in [-0.1, -0.05) is 49.6 Å². The average Bonchev–Trinajstić information content (AvgIpc) is 2.73. The Hall–Kier alpha value is -2.78. The van der Waals surface area contributed by atoms with E-state index in [2.05, 4.69) is 12.1 Å². The lowest BCUT2D eigenvalue weighted by Crippen LogP contribution is -2.08. The Balaban J connectivity index is 2.35. The first-order valence-electron chi connectivity index (χ1n) is 8.60. The van der Waals surface area contributed by atoms with Gasteiger partial charge in [0.2, 0.25) is 0 Å². The Kier molecular flexibility index (Phi) is 4.82. The van der Waals surface area contributed by atoms with Crippen LogP contribution in [-0.4, -0.2) is 0 Å². The van der Waals surface area contributed by atoms with Gasteiger partial charge in [-0.3, -0.25) is 0 Å². The Morgan fingerprint density at radius 3 is 1.96 bits per heavy atom. The zero-order chi connectivity index (χ0) is 16.9. The summed E-state index contributed by atoms with van der Waals surface area (Å²) in [4.78, 5) is 0. The molecule has 0 radical (unpaired) electrons. The van der Waals surface area contributed by atoms with Crippen molar-refractivity contribution >= 4 is 5.69 Å². The molecular weight excluding hydrogens is 294 g/mol. The minimum absolute atomic E-state index is 0.344. The van der Waals surface area contributed by atoms with Crippen LogP contribution in [0.25, 0.3) is 11.1 Å². The number of nitrogens with zero attached hydrogens (tertiary/aromatic N) is 2. The molecule has 1 aliphatic rings. The van der Waals surface area contributed by atoms with Crippen molar-refractivity contribution in [3.05, 3.63) is 52.6 Å². The van der Waals surface area contributed by atoms with Gasteiger partial charge in [0, 0.05) is 5.56 Å². The summed E-state index contributed by atoms with van der Waals surface area (Å²) in [6.45, 7) is 0. The van der Waals surface area contributed by atoms with E-state index < -0.39 is 0 Å². The van der Waals surface area contributed by atoms with Gasteiger partial charge in [0.25, 0.3) is 0 Å². The lowest BCUT2D eigenvalue weighted by Gasteiger charge is -2.20. The molecule has 0 aromatic heterocycles. The van der Waals surface area contributed by atoms with Crippen LogP contribution in [0.1, 0.15) is 54.4 Å². The van der Waals surface area contributed by atoms with Crippen molar-refractivity contribution in [3.63, 3.8) is 0 Å². The van der Waals surface area contributed by atoms with E-state index in [0.29, 0.717) is 16.8 Å². The van der Waals surface area contributed by atoms with E-state index in [0.717, 1.165) is 47.9 Å². The molecule has 0 unspecified atom stereocenters. The lowest BCUT2D eigenvalue weighted by molar-refractivity contribution is 0.629. The highest BCUT2D eigenvalue weighted by Crippen LogP contribution is 2.39. The van der Waals surface area contributed by atoms with Crippen LogP contribution in [0.2, 0.25) is 0 Å². The summed E-state index contributed by atoms with van der Waals surface area (Å²) in [6, 6.07) is 14.5. The minimum atomic E-state index is 0.344. The minimum Gasteiger partial charge on any atom is -0.397 e. The molecule has 0 spiro atoms. The number of anilines is 1. The lowest BCUT2D eigenvalue weighted by atomic mass is 9.83. The van der Waals surface area contributed by atoms with E-state index in [-0.39, 0.29) is 0 Å². The van der Waals surface area contributed by atoms with Gasteiger partial charge >= 0.3 is 0 Å². The maximum atomic E-state index is 9.72. The van der Waals surface area contributed by atoms with Crippen LogP contribution in [-0.2, 0) is 12.8 Å². The largest absolute Gasteiger partial charge is 0.397 e. The molecule has 3 nitrogen and oxygen atoms in total. The number of nitrogens with two attached hydrogens (primary N) is 1. The summed E-state index contributed by atoms with van der Waals surface area (Å²) in [5, 5.41) is 19.4. The number of benzene rings is 2. The quantitative estimate of drug-likeness (QED) is 0.773. The maximum Gasteiger partial charge on any atom is 0.102 e. The molecule has 3 rings (SSSR count). The normalized spacial score (nSPS) is 14.4. The summed E-state index contributed by atoms with van der Waals surface area (Å²) in [6.07, 6.45) is 7.55. The highest BCUT2D eigenvalue weighted by atomic mass is 14.6. The highest BCUT2D eigenvalue weighted by Gasteiger charge is 2.23. The van der Waals surface area contributed by atoms with Gasteiger partial charge in [0.1, 0.15) is 12.1 Å². The summed E-state index contributed by atoms with van der Waals surface area (Å²) < 4.78 is 0. The monoisotopic (exact) mass is 315 g/mol. The van der Waals surface area contributed by atoms with Crippen molar-refractivity contribution in [2.24, 2.45) is 0 Å². The highest BCUT2D eigenvalue weighted by molar-refractivity contribution is 5.85. The molecule has 0 atom stereocenters. The Labute approximate surface area is 143 Å². The summed E-state index contributed by atoms with van der Waals surface area (Å²) in [5.74, 6) is 0. The predicted octanol–water partition coefficient (Wildman–Crippen LogP) is 4.73. The number of hydrogen-bond acceptors (Lipinski definition) is 3. The first-order chi connectivity index (χ1) is 11.8. The van der Waals surface area contributed by atoms with E-state index in [4.69, 9.17) is 5.73 Å². The molecule has 0 fully saturated rings. The number of fused-ring (bicyclic) bond motifs is 1. The number of rotatable bonds is 1. The molecule has 0 bridgehead atoms. The van der Waals surface area contributed by atoms with Crippen molar-refractivity contribution in [1.29, 1.82) is 10.5 Å². The Morgan fingerprint density at radius 1 is 0.750 bits per heavy atom. The third kappa shape index (κ3) is 2.86. The molecule has 2 aromatic rings. The molecule has 2 N–H and O–H groups in total. The Morgan fingerprint density at radius 2 is 1.33 bits per heavy atom. The second-order valence-corrected chi connectivity index (χ2v) is 6.35. The summed E-state index contributed by atoms with van der Waals surface area (Å²) in [7, 11) is 0. The van der Waals surface area contributed by atoms with Gasteiger partial charge in [-0.2, -0.15) is 10.5 Å². The molecule has 0 amide bonds. The molecule has 0 heterocycles. The number of nitriles is 2. The van der Waals surface area contributed by atoms with Crippen molar-refractivity contribution in [1.82, 2.24) is 0 Å². The van der Waals surface area contributed by atoms with Crippen LogP contribution in [0.15, 0.2) is 30.3 Å². The van der Waals surface area contributed by atoms with Gasteiger partial charge in [0.05, 0.1) is 16.8 Å². The third-order valence-corrected chi connectivity index (χ3v) is 4.90. The molecule has 1 aliphatic carbocycles. The third-order valence-electron chi connectivity index (χ3n) is 4.90. The van der Waals surface area contributed by atoms with Crippen LogP contribution < -0.4 is 5.73 Å². The predicted molar refractivity (Wildman–Crippen MR) is 96.2 cm³/mol. The van der Waals surface area contributed by atoms with E-state index in [1.54, 1.807) is 0 Å². The van der Waals surface area contributed by atoms with Crippen LogP contribution in [0.5, 0.6) is 0 Å². The summed E-state index contributed by atoms with van der Waals surface area (Å²) >= 11 is 0. The average molecular weight is 315 g/mol. The van der Waals surface area contributed by atoms with Crippen molar-refractivity contribution in [2.45, 2.75) is 44.9 Å². The first-order valence-corrected chi connectivity index (χ1v) is 8.60. The molecule has 24 heavy (non-hydrogen) atoms. The van der Waals surface area contributed by atoms with E-state index in [1.807, 2.05) is 30.3 Å². The van der Waals surface area contributed by atoms with Crippen LogP contribution in [0, 0.1) is 22.7 Å². The molecule has 0 aliphatic heterocycles. The fourth-order valence-electron chi connectivity index (χ4n) is 3.73. The van der Waals surface area contributed by atoms with E-state index >= 15 is 0 Å². The molecule has 120 valence electrons. The topological polar surface area (TPSA) is 73.6 Å². The van der Waals surface area contributed by atoms with Gasteiger partial charge in [-0.05, 0) is 42.4 Å². The van der Waals surface area contributed by atoms with Crippen LogP contribution >= 0.6 is 0 Å². The standard InChI is InChI=1S/C21H21N3/c22-13-18-16-11-7-2-1-3-8-12-17(16)20(19(14-23)21(18)24)15-9-5-4-6-10-15/h4-6,9-10H,1-3,7-8,11-12,24H2. The van der Waals surface area contributed by atoms with Gasteiger partial charge < -0.3 is 5.73 Å². The van der Waals surface area contributed by atoms with Gasteiger partial charge in [0.15, 0.2) is 0 Å². The van der Waals surface area contributed by atoms with Crippen LogP contribution in [0.3, 0.4) is 0 Å². The maximum absolute atomic E-state index is 9.72. The SMILES string of the molecule is N#Cc1c(N)c(C#N)c(-c2ccccc2)c2c1CCCCCCC2. The van der Waals surface area contributed by atoms with Gasteiger partial charge in [-0.25, -0.2) is 0 Å². The molecule has 0 saturated heterocycles. The zero-order valence-electron chi connectivity index (χ0n) is 13.8. The second kappa shape index (κ2) is 7.20. The Bertz CT molecular complexity index is 823. The van der Waals surface area contributed by atoms with Crippen molar-refractivity contribution in [3.8, 4) is 23.3 Å². The molecule has 3 heteroatoms. The summed E-state index contributed by atoms with van der Waals surface area (Å²) in [5.41, 5.74) is 11.7. The van der Waals surface area contributed by atoms with Crippen molar-refractivity contribution in [2.75, 3.05) is 5.73 Å². The fraction of sp³-hybridized carbons (Fsp3) is 0.333. The molecule has 0 saturated carbocycles. The van der Waals surface area contributed by atoms with Gasteiger partial charge in [-0.15, -0.1) is 0 Å². The van der Waals surface area contributed by atoms with E-state index in [1.165, 1.54) is 19.3 Å². The van der Waals surface area contributed by atoms with Crippen molar-refractivity contribution < 1.29 is 0 Å². The fourth-order valence-corrected chi connectivity index (χ4v) is 3.73.